The Labute approximate surface area is 163 Å². The number of nitrogens with one attached hydrogen (secondary N) is 1. The molecule has 0 bridgehead atoms. The minimum absolute atomic E-state index is 0.336. The molecule has 0 aliphatic heterocycles. The fourth-order valence-electron chi connectivity index (χ4n) is 2.65. The molecule has 7 heteroatoms. The second kappa shape index (κ2) is 7.85. The number of fused-ring (bicyclic) bond motifs is 1. The van der Waals surface area contributed by atoms with Crippen LogP contribution in [-0.4, -0.2) is 16.1 Å². The van der Waals surface area contributed by atoms with Crippen LogP contribution >= 0.6 is 23.1 Å². The highest BCUT2D eigenvalue weighted by molar-refractivity contribution is 8.00. The standard InChI is InChI=1S/C20H14FN3OS2/c21-16-10-8-14(9-11-16)18(25)22-19-23-24-20(27-19)26-12-15-6-3-5-13-4-1-2-7-17(13)15/h1-11H,12H2,(H,22,23,25). The molecule has 0 saturated heterocycles. The van der Waals surface area contributed by atoms with E-state index in [2.05, 4.69) is 39.8 Å². The van der Waals surface area contributed by atoms with E-state index < -0.39 is 0 Å². The smallest absolute Gasteiger partial charge is 0.257 e. The molecule has 4 aromatic rings. The predicted molar refractivity (Wildman–Crippen MR) is 108 cm³/mol. The zero-order chi connectivity index (χ0) is 18.6. The van der Waals surface area contributed by atoms with Crippen LogP contribution in [0.5, 0.6) is 0 Å². The fourth-order valence-corrected chi connectivity index (χ4v) is 4.40. The molecule has 4 nitrogen and oxygen atoms in total. The Bertz CT molecular complexity index is 1090. The van der Waals surface area contributed by atoms with E-state index in [4.69, 9.17) is 0 Å². The van der Waals surface area contributed by atoms with Crippen LogP contribution < -0.4 is 5.32 Å². The fraction of sp³-hybridized carbons (Fsp3) is 0.0500. The van der Waals surface area contributed by atoms with Crippen molar-refractivity contribution in [3.8, 4) is 0 Å². The van der Waals surface area contributed by atoms with Crippen LogP contribution in [0.1, 0.15) is 15.9 Å². The van der Waals surface area contributed by atoms with Gasteiger partial charge in [0.15, 0.2) is 4.34 Å². The minimum Gasteiger partial charge on any atom is -0.296 e. The van der Waals surface area contributed by atoms with Crippen molar-refractivity contribution < 1.29 is 9.18 Å². The molecule has 0 saturated carbocycles. The second-order valence-electron chi connectivity index (χ2n) is 5.76. The number of thioether (sulfide) groups is 1. The van der Waals surface area contributed by atoms with E-state index in [0.29, 0.717) is 10.7 Å². The summed E-state index contributed by atoms with van der Waals surface area (Å²) in [4.78, 5) is 12.2. The number of benzene rings is 3. The van der Waals surface area contributed by atoms with E-state index in [9.17, 15) is 9.18 Å². The monoisotopic (exact) mass is 395 g/mol. The molecule has 1 amide bonds. The number of rotatable bonds is 5. The lowest BCUT2D eigenvalue weighted by Gasteiger charge is -2.04. The number of aromatic nitrogens is 2. The van der Waals surface area contributed by atoms with Gasteiger partial charge in [-0.25, -0.2) is 4.39 Å². The second-order valence-corrected chi connectivity index (χ2v) is 7.96. The van der Waals surface area contributed by atoms with Gasteiger partial charge < -0.3 is 0 Å². The molecule has 0 atom stereocenters. The van der Waals surface area contributed by atoms with Crippen molar-refractivity contribution in [3.05, 3.63) is 83.7 Å². The number of halogens is 1. The van der Waals surface area contributed by atoms with Crippen molar-refractivity contribution in [2.45, 2.75) is 10.1 Å². The lowest BCUT2D eigenvalue weighted by atomic mass is 10.1. The van der Waals surface area contributed by atoms with Gasteiger partial charge in [0, 0.05) is 11.3 Å². The predicted octanol–water partition coefficient (Wildman–Crippen LogP) is 5.38. The summed E-state index contributed by atoms with van der Waals surface area (Å²) in [5, 5.41) is 13.7. The third kappa shape index (κ3) is 4.15. The van der Waals surface area contributed by atoms with Crippen molar-refractivity contribution in [2.75, 3.05) is 5.32 Å². The number of carbonyl (C=O) groups excluding carboxylic acids is 1. The minimum atomic E-state index is -0.380. The molecule has 0 spiro atoms. The molecule has 0 unspecified atom stereocenters. The van der Waals surface area contributed by atoms with E-state index in [1.807, 2.05) is 18.2 Å². The average Bonchev–Trinajstić information content (AvgIpc) is 3.14. The first-order valence-corrected chi connectivity index (χ1v) is 9.99. The van der Waals surface area contributed by atoms with Gasteiger partial charge in [-0.05, 0) is 40.6 Å². The van der Waals surface area contributed by atoms with Gasteiger partial charge in [-0.3, -0.25) is 10.1 Å². The third-order valence-corrected chi connectivity index (χ3v) is 5.99. The number of hydrogen-bond donors (Lipinski definition) is 1. The van der Waals surface area contributed by atoms with Gasteiger partial charge in [0.1, 0.15) is 5.82 Å². The normalized spacial score (nSPS) is 10.9. The van der Waals surface area contributed by atoms with Gasteiger partial charge in [0.2, 0.25) is 5.13 Å². The average molecular weight is 395 g/mol. The maximum atomic E-state index is 12.9. The SMILES string of the molecule is O=C(Nc1nnc(SCc2cccc3ccccc23)s1)c1ccc(F)cc1. The first-order chi connectivity index (χ1) is 13.2. The highest BCUT2D eigenvalue weighted by Gasteiger charge is 2.11. The summed E-state index contributed by atoms with van der Waals surface area (Å²) in [7, 11) is 0. The summed E-state index contributed by atoms with van der Waals surface area (Å²) >= 11 is 2.90. The lowest BCUT2D eigenvalue weighted by Crippen LogP contribution is -2.11. The van der Waals surface area contributed by atoms with Crippen LogP contribution in [0.4, 0.5) is 9.52 Å². The number of anilines is 1. The molecule has 1 N–H and O–H groups in total. The Morgan fingerprint density at radius 1 is 1.00 bits per heavy atom. The number of carbonyl (C=O) groups is 1. The van der Waals surface area contributed by atoms with Crippen LogP contribution in [0.15, 0.2) is 71.1 Å². The molecule has 27 heavy (non-hydrogen) atoms. The van der Waals surface area contributed by atoms with Crippen molar-refractivity contribution in [3.63, 3.8) is 0 Å². The molecule has 1 heterocycles. The van der Waals surface area contributed by atoms with Gasteiger partial charge in [0.05, 0.1) is 0 Å². The summed E-state index contributed by atoms with van der Waals surface area (Å²) in [6.45, 7) is 0. The van der Waals surface area contributed by atoms with Crippen LogP contribution in [0.25, 0.3) is 10.8 Å². The zero-order valence-electron chi connectivity index (χ0n) is 14.1. The van der Waals surface area contributed by atoms with Crippen LogP contribution in [-0.2, 0) is 5.75 Å². The summed E-state index contributed by atoms with van der Waals surface area (Å²) in [5.74, 6) is 0.0494. The zero-order valence-corrected chi connectivity index (χ0v) is 15.7. The maximum Gasteiger partial charge on any atom is 0.257 e. The Morgan fingerprint density at radius 2 is 1.78 bits per heavy atom. The molecule has 4 rings (SSSR count). The van der Waals surface area contributed by atoms with E-state index in [1.165, 1.54) is 51.9 Å². The summed E-state index contributed by atoms with van der Waals surface area (Å²) < 4.78 is 13.7. The molecule has 0 radical (unpaired) electrons. The van der Waals surface area contributed by atoms with Gasteiger partial charge in [-0.15, -0.1) is 10.2 Å². The van der Waals surface area contributed by atoms with Crippen molar-refractivity contribution >= 4 is 44.9 Å². The molecule has 3 aromatic carbocycles. The maximum absolute atomic E-state index is 12.9. The summed E-state index contributed by atoms with van der Waals surface area (Å²) in [5.41, 5.74) is 1.60. The Balaban J connectivity index is 1.42. The van der Waals surface area contributed by atoms with E-state index in [-0.39, 0.29) is 11.7 Å². The van der Waals surface area contributed by atoms with Crippen molar-refractivity contribution in [1.29, 1.82) is 0 Å². The summed E-state index contributed by atoms with van der Waals surface area (Å²) in [6, 6.07) is 19.9. The molecule has 134 valence electrons. The Hall–Kier alpha value is -2.77. The molecule has 0 fully saturated rings. The largest absolute Gasteiger partial charge is 0.296 e. The molecular formula is C20H14FN3OS2. The van der Waals surface area contributed by atoms with Crippen molar-refractivity contribution in [2.24, 2.45) is 0 Å². The highest BCUT2D eigenvalue weighted by atomic mass is 32.2. The van der Waals surface area contributed by atoms with Gasteiger partial charge >= 0.3 is 0 Å². The van der Waals surface area contributed by atoms with E-state index >= 15 is 0 Å². The van der Waals surface area contributed by atoms with Crippen LogP contribution in [0.2, 0.25) is 0 Å². The molecule has 0 aliphatic carbocycles. The summed E-state index contributed by atoms with van der Waals surface area (Å²) in [6.07, 6.45) is 0. The lowest BCUT2D eigenvalue weighted by molar-refractivity contribution is 0.102. The Kier molecular flexibility index (Phi) is 5.13. The van der Waals surface area contributed by atoms with E-state index in [0.717, 1.165) is 10.1 Å². The molecular weight excluding hydrogens is 381 g/mol. The van der Waals surface area contributed by atoms with Crippen LogP contribution in [0.3, 0.4) is 0 Å². The Morgan fingerprint density at radius 3 is 2.63 bits per heavy atom. The quantitative estimate of drug-likeness (QED) is 0.364. The topological polar surface area (TPSA) is 54.9 Å². The van der Waals surface area contributed by atoms with Gasteiger partial charge in [0.25, 0.3) is 5.91 Å². The van der Waals surface area contributed by atoms with E-state index in [1.54, 1.807) is 11.8 Å². The third-order valence-electron chi connectivity index (χ3n) is 3.96. The number of amides is 1. The molecule has 0 aliphatic rings. The first-order valence-electron chi connectivity index (χ1n) is 8.19. The molecule has 1 aromatic heterocycles. The first kappa shape index (κ1) is 17.6. The number of nitrogens with zero attached hydrogens (tertiary/aromatic N) is 2. The van der Waals surface area contributed by atoms with Crippen molar-refractivity contribution in [1.82, 2.24) is 10.2 Å². The van der Waals surface area contributed by atoms with Gasteiger partial charge in [-0.1, -0.05) is 65.6 Å². The highest BCUT2D eigenvalue weighted by Crippen LogP contribution is 2.30. The van der Waals surface area contributed by atoms with Gasteiger partial charge in [-0.2, -0.15) is 0 Å². The van der Waals surface area contributed by atoms with Crippen LogP contribution in [0, 0.1) is 5.82 Å². The number of hydrogen-bond acceptors (Lipinski definition) is 5.